The van der Waals surface area contributed by atoms with Crippen LogP contribution in [0.4, 0.5) is 5.82 Å². The summed E-state index contributed by atoms with van der Waals surface area (Å²) in [6, 6.07) is 0.363. The molecule has 5 heteroatoms. The minimum Gasteiger partial charge on any atom is -0.382 e. The number of nitrogen functional groups attached to an aromatic ring is 1. The number of rotatable bonds is 3. The highest BCUT2D eigenvalue weighted by atomic mass is 16.2. The molecule has 1 aliphatic carbocycles. The summed E-state index contributed by atoms with van der Waals surface area (Å²) in [6.45, 7) is 0.826. The van der Waals surface area contributed by atoms with Crippen LogP contribution in [0.2, 0.25) is 0 Å². The molecule has 2 fully saturated rings. The Kier molecular flexibility index (Phi) is 4.36. The zero-order valence-electron chi connectivity index (χ0n) is 12.5. The predicted octanol–water partition coefficient (Wildman–Crippen LogP) is 2.63. The van der Waals surface area contributed by atoms with E-state index in [1.807, 2.05) is 4.90 Å². The van der Waals surface area contributed by atoms with Crippen LogP contribution in [-0.4, -0.2) is 33.4 Å². The molecule has 1 aromatic rings. The molecule has 2 N–H and O–H groups in total. The predicted molar refractivity (Wildman–Crippen MR) is 81.7 cm³/mol. The van der Waals surface area contributed by atoms with Gasteiger partial charge in [-0.1, -0.05) is 32.1 Å². The summed E-state index contributed by atoms with van der Waals surface area (Å²) in [5.41, 5.74) is 6.11. The molecule has 0 aromatic carbocycles. The number of nitrogens with two attached hydrogens (primary N) is 1. The fourth-order valence-corrected chi connectivity index (χ4v) is 3.81. The number of aromatic nitrogens is 2. The number of amides is 1. The molecule has 1 aliphatic heterocycles. The molecule has 1 amide bonds. The topological polar surface area (TPSA) is 72.1 Å². The Labute approximate surface area is 125 Å². The van der Waals surface area contributed by atoms with Crippen molar-refractivity contribution >= 4 is 11.7 Å². The molecule has 1 saturated heterocycles. The lowest BCUT2D eigenvalue weighted by molar-refractivity contribution is 0.0706. The van der Waals surface area contributed by atoms with Gasteiger partial charge in [0.1, 0.15) is 0 Å². The van der Waals surface area contributed by atoms with E-state index in [9.17, 15) is 4.79 Å². The summed E-state index contributed by atoms with van der Waals surface area (Å²) >= 11 is 0. The monoisotopic (exact) mass is 288 g/mol. The number of anilines is 1. The van der Waals surface area contributed by atoms with Crippen molar-refractivity contribution in [3.63, 3.8) is 0 Å². The van der Waals surface area contributed by atoms with Gasteiger partial charge in [0.15, 0.2) is 11.5 Å². The fourth-order valence-electron chi connectivity index (χ4n) is 3.81. The Morgan fingerprint density at radius 3 is 2.67 bits per heavy atom. The molecular weight excluding hydrogens is 264 g/mol. The number of hydrogen-bond donors (Lipinski definition) is 1. The van der Waals surface area contributed by atoms with Gasteiger partial charge in [-0.05, 0) is 25.2 Å². The molecule has 2 heterocycles. The van der Waals surface area contributed by atoms with Crippen LogP contribution in [0.5, 0.6) is 0 Å². The largest absolute Gasteiger partial charge is 0.382 e. The number of likely N-dealkylation sites (tertiary alicyclic amines) is 1. The van der Waals surface area contributed by atoms with E-state index in [0.29, 0.717) is 11.7 Å². The Hall–Kier alpha value is -1.65. The zero-order chi connectivity index (χ0) is 14.7. The fraction of sp³-hybridized carbons (Fsp3) is 0.688. The van der Waals surface area contributed by atoms with Gasteiger partial charge in [0.05, 0.1) is 0 Å². The molecular formula is C16H24N4O. The van der Waals surface area contributed by atoms with Gasteiger partial charge < -0.3 is 10.6 Å². The summed E-state index contributed by atoms with van der Waals surface area (Å²) in [7, 11) is 0. The second-order valence-electron chi connectivity index (χ2n) is 6.32. The third-order valence-electron chi connectivity index (χ3n) is 4.90. The lowest BCUT2D eigenvalue weighted by Gasteiger charge is -2.30. The van der Waals surface area contributed by atoms with Crippen LogP contribution in [-0.2, 0) is 0 Å². The van der Waals surface area contributed by atoms with E-state index < -0.39 is 0 Å². The van der Waals surface area contributed by atoms with Crippen LogP contribution in [0.25, 0.3) is 0 Å². The average molecular weight is 288 g/mol. The maximum atomic E-state index is 12.7. The van der Waals surface area contributed by atoms with Gasteiger partial charge in [-0.15, -0.1) is 0 Å². The van der Waals surface area contributed by atoms with E-state index in [1.54, 1.807) is 0 Å². The van der Waals surface area contributed by atoms with Gasteiger partial charge in [-0.2, -0.15) is 0 Å². The Bertz CT molecular complexity index is 499. The molecule has 2 aliphatic rings. The molecule has 0 bridgehead atoms. The molecule has 3 rings (SSSR count). The number of carbonyl (C=O) groups is 1. The van der Waals surface area contributed by atoms with Crippen molar-refractivity contribution in [1.82, 2.24) is 14.9 Å². The van der Waals surface area contributed by atoms with Crippen molar-refractivity contribution in [3.8, 4) is 0 Å². The van der Waals surface area contributed by atoms with Crippen LogP contribution in [0.15, 0.2) is 12.4 Å². The normalized spacial score (nSPS) is 23.4. The summed E-state index contributed by atoms with van der Waals surface area (Å²) in [5.74, 6) is 0.987. The van der Waals surface area contributed by atoms with Gasteiger partial charge in [-0.3, -0.25) is 4.79 Å². The Morgan fingerprint density at radius 1 is 1.14 bits per heavy atom. The van der Waals surface area contributed by atoms with Crippen LogP contribution in [0.3, 0.4) is 0 Å². The molecule has 0 radical (unpaired) electrons. The van der Waals surface area contributed by atoms with Crippen LogP contribution in [0, 0.1) is 5.92 Å². The summed E-state index contributed by atoms with van der Waals surface area (Å²) in [5, 5.41) is 0. The van der Waals surface area contributed by atoms with E-state index in [4.69, 9.17) is 5.73 Å². The Balaban J connectivity index is 1.68. The zero-order valence-corrected chi connectivity index (χ0v) is 12.5. The summed E-state index contributed by atoms with van der Waals surface area (Å²) in [4.78, 5) is 22.7. The third kappa shape index (κ3) is 3.17. The molecule has 5 nitrogen and oxygen atoms in total. The lowest BCUT2D eigenvalue weighted by Crippen LogP contribution is -2.37. The average Bonchev–Trinajstić information content (AvgIpc) is 2.96. The van der Waals surface area contributed by atoms with E-state index in [-0.39, 0.29) is 11.7 Å². The number of hydrogen-bond acceptors (Lipinski definition) is 4. The SMILES string of the molecule is Nc1nccnc1C(=O)N1CCC[C@@H]1CC1CCCCC1. The number of nitrogens with zero attached hydrogens (tertiary/aromatic N) is 3. The van der Waals surface area contributed by atoms with Gasteiger partial charge >= 0.3 is 0 Å². The van der Waals surface area contributed by atoms with Gasteiger partial charge in [0.2, 0.25) is 0 Å². The van der Waals surface area contributed by atoms with Crippen molar-refractivity contribution in [2.75, 3.05) is 12.3 Å². The van der Waals surface area contributed by atoms with Crippen LogP contribution < -0.4 is 5.73 Å². The van der Waals surface area contributed by atoms with Gasteiger partial charge in [-0.25, -0.2) is 9.97 Å². The van der Waals surface area contributed by atoms with Gasteiger partial charge in [0, 0.05) is 25.0 Å². The Morgan fingerprint density at radius 2 is 1.90 bits per heavy atom. The standard InChI is InChI=1S/C16H24N4O/c17-15-14(18-8-9-19-15)16(21)20-10-4-7-13(20)11-12-5-2-1-3-6-12/h8-9,12-13H,1-7,10-11H2,(H2,17,19)/t13-/m1/s1. The quantitative estimate of drug-likeness (QED) is 0.928. The number of carbonyl (C=O) groups excluding carboxylic acids is 1. The molecule has 1 saturated carbocycles. The molecule has 114 valence electrons. The first-order valence-corrected chi connectivity index (χ1v) is 8.13. The molecule has 1 aromatic heterocycles. The molecule has 21 heavy (non-hydrogen) atoms. The second kappa shape index (κ2) is 6.41. The van der Waals surface area contributed by atoms with Crippen molar-refractivity contribution in [2.45, 2.75) is 57.4 Å². The maximum Gasteiger partial charge on any atom is 0.276 e. The van der Waals surface area contributed by atoms with Crippen LogP contribution >= 0.6 is 0 Å². The highest BCUT2D eigenvalue weighted by molar-refractivity contribution is 5.96. The first-order valence-electron chi connectivity index (χ1n) is 8.13. The second-order valence-corrected chi connectivity index (χ2v) is 6.32. The van der Waals surface area contributed by atoms with E-state index in [1.165, 1.54) is 44.5 Å². The van der Waals surface area contributed by atoms with Crippen molar-refractivity contribution in [3.05, 3.63) is 18.1 Å². The van der Waals surface area contributed by atoms with E-state index >= 15 is 0 Å². The third-order valence-corrected chi connectivity index (χ3v) is 4.90. The van der Waals surface area contributed by atoms with E-state index in [2.05, 4.69) is 9.97 Å². The van der Waals surface area contributed by atoms with Crippen molar-refractivity contribution < 1.29 is 4.79 Å². The smallest absolute Gasteiger partial charge is 0.276 e. The summed E-state index contributed by atoms with van der Waals surface area (Å²) in [6.07, 6.45) is 13.1. The molecule has 1 atom stereocenters. The van der Waals surface area contributed by atoms with Crippen LogP contribution in [0.1, 0.15) is 61.9 Å². The van der Waals surface area contributed by atoms with Crippen molar-refractivity contribution in [2.24, 2.45) is 5.92 Å². The van der Waals surface area contributed by atoms with Crippen molar-refractivity contribution in [1.29, 1.82) is 0 Å². The molecule has 0 unspecified atom stereocenters. The first-order chi connectivity index (χ1) is 10.3. The maximum absolute atomic E-state index is 12.7. The lowest BCUT2D eigenvalue weighted by atomic mass is 9.84. The minimum atomic E-state index is -0.0427. The van der Waals surface area contributed by atoms with Gasteiger partial charge in [0.25, 0.3) is 5.91 Å². The summed E-state index contributed by atoms with van der Waals surface area (Å²) < 4.78 is 0. The molecule has 0 spiro atoms. The first kappa shape index (κ1) is 14.3. The minimum absolute atomic E-state index is 0.0427. The highest BCUT2D eigenvalue weighted by Gasteiger charge is 2.33. The van der Waals surface area contributed by atoms with E-state index in [0.717, 1.165) is 31.7 Å². The highest BCUT2D eigenvalue weighted by Crippen LogP contribution is 2.32.